The summed E-state index contributed by atoms with van der Waals surface area (Å²) < 4.78 is 22.9. The van der Waals surface area contributed by atoms with Crippen LogP contribution in [-0.4, -0.2) is 82.3 Å². The van der Waals surface area contributed by atoms with Crippen LogP contribution in [0.5, 0.6) is 0 Å². The van der Waals surface area contributed by atoms with Crippen LogP contribution in [0.3, 0.4) is 0 Å². The molecule has 2 atom stereocenters. The topological polar surface area (TPSA) is 111 Å². The van der Waals surface area contributed by atoms with Crippen molar-refractivity contribution in [1.82, 2.24) is 0 Å². The van der Waals surface area contributed by atoms with Crippen molar-refractivity contribution in [2.24, 2.45) is 0 Å². The van der Waals surface area contributed by atoms with Gasteiger partial charge >= 0.3 is 11.9 Å². The number of nitrogens with zero attached hydrogens (tertiary/aromatic N) is 1. The monoisotopic (exact) mass is 1350 g/mol. The zero-order chi connectivity index (χ0) is 70.4. The molecule has 0 aromatic carbocycles. The number of ether oxygens (including phenoxy) is 4. The minimum absolute atomic E-state index is 0.145. The number of likely N-dealkylation sites (N-methyl/N-ethyl adjacent to an activating group) is 1. The maximum Gasteiger partial charge on any atom is 0.306 e. The molecule has 0 rings (SSSR count). The van der Waals surface area contributed by atoms with E-state index in [-0.39, 0.29) is 32.2 Å². The molecule has 0 bridgehead atoms. The molecule has 0 aliphatic rings. The minimum Gasteiger partial charge on any atom is -0.545 e. The van der Waals surface area contributed by atoms with Crippen LogP contribution in [0, 0.1) is 0 Å². The van der Waals surface area contributed by atoms with Crippen molar-refractivity contribution in [3.63, 3.8) is 0 Å². The lowest BCUT2D eigenvalue weighted by Gasteiger charge is -2.26. The van der Waals surface area contributed by atoms with Gasteiger partial charge in [0.25, 0.3) is 0 Å². The first kappa shape index (κ1) is 93.0. The molecule has 9 heteroatoms. The van der Waals surface area contributed by atoms with E-state index in [1.165, 1.54) is 244 Å². The SMILES string of the molecule is CC/C=C\C/C=C\C/C=C\C/C=C\C/C=C\C/C=C\C/C=C\CCCCCCCCCCCCCC(=O)OC(COC(=O)CCCCCCCCCCCCCCCCCCCCCCCCCCCCC/C=C\C/C=C\CCCCCCC)COC(OCC[N+](C)(C)C)C(=O)[O-]. The third-order valence-corrected chi connectivity index (χ3v) is 18.0. The van der Waals surface area contributed by atoms with Gasteiger partial charge in [-0.1, -0.05) is 367 Å². The first-order valence-corrected chi connectivity index (χ1v) is 41.0. The number of carboxylic acid groups (broad SMARTS) is 1. The van der Waals surface area contributed by atoms with Crippen LogP contribution < -0.4 is 5.11 Å². The van der Waals surface area contributed by atoms with Gasteiger partial charge < -0.3 is 33.3 Å². The summed E-state index contributed by atoms with van der Waals surface area (Å²) in [6.07, 6.45) is 106. The highest BCUT2D eigenvalue weighted by atomic mass is 16.7. The van der Waals surface area contributed by atoms with E-state index in [1.54, 1.807) is 0 Å². The predicted molar refractivity (Wildman–Crippen MR) is 417 cm³/mol. The van der Waals surface area contributed by atoms with Crippen molar-refractivity contribution in [3.05, 3.63) is 109 Å². The first-order chi connectivity index (χ1) is 47.6. The molecule has 0 saturated heterocycles. The maximum atomic E-state index is 13.0. The quantitative estimate of drug-likeness (QED) is 0.0195. The number of esters is 2. The van der Waals surface area contributed by atoms with E-state index in [2.05, 4.69) is 123 Å². The Morgan fingerprint density at radius 1 is 0.320 bits per heavy atom. The van der Waals surface area contributed by atoms with E-state index in [0.29, 0.717) is 23.9 Å². The zero-order valence-electron chi connectivity index (χ0n) is 64.2. The van der Waals surface area contributed by atoms with Gasteiger partial charge in [0.05, 0.1) is 40.3 Å². The van der Waals surface area contributed by atoms with Gasteiger partial charge in [-0.05, 0) is 103 Å². The van der Waals surface area contributed by atoms with E-state index in [0.717, 1.165) is 96.3 Å². The molecule has 0 heterocycles. The number of unbranched alkanes of at least 4 members (excludes halogenated alkanes) is 43. The molecule has 0 N–H and O–H groups in total. The summed E-state index contributed by atoms with van der Waals surface area (Å²) in [5.41, 5.74) is 0. The third-order valence-electron chi connectivity index (χ3n) is 18.0. The van der Waals surface area contributed by atoms with Crippen LogP contribution >= 0.6 is 0 Å². The summed E-state index contributed by atoms with van der Waals surface area (Å²) in [6, 6.07) is 0. The van der Waals surface area contributed by atoms with Crippen molar-refractivity contribution in [2.45, 2.75) is 386 Å². The van der Waals surface area contributed by atoms with Crippen LogP contribution in [0.15, 0.2) is 109 Å². The van der Waals surface area contributed by atoms with Crippen molar-refractivity contribution in [3.8, 4) is 0 Å². The molecule has 97 heavy (non-hydrogen) atoms. The second-order valence-electron chi connectivity index (χ2n) is 28.7. The minimum atomic E-state index is -1.63. The summed E-state index contributed by atoms with van der Waals surface area (Å²) in [4.78, 5) is 37.6. The van der Waals surface area contributed by atoms with Gasteiger partial charge in [0.2, 0.25) is 0 Å². The molecular formula is C88H155NO8. The molecule has 0 saturated carbocycles. The summed E-state index contributed by atoms with van der Waals surface area (Å²) in [5, 5.41) is 11.9. The lowest BCUT2D eigenvalue weighted by atomic mass is 10.0. The normalized spacial score (nSPS) is 13.2. The highest BCUT2D eigenvalue weighted by Gasteiger charge is 2.22. The Labute approximate surface area is 600 Å². The Bertz CT molecular complexity index is 1970. The maximum absolute atomic E-state index is 13.0. The molecular weight excluding hydrogens is 1200 g/mol. The molecule has 9 nitrogen and oxygen atoms in total. The lowest BCUT2D eigenvalue weighted by Crippen LogP contribution is -2.44. The number of rotatable bonds is 76. The van der Waals surface area contributed by atoms with Crippen molar-refractivity contribution in [2.75, 3.05) is 47.5 Å². The van der Waals surface area contributed by atoms with Gasteiger partial charge in [-0.25, -0.2) is 0 Å². The number of quaternary nitrogens is 1. The zero-order valence-corrected chi connectivity index (χ0v) is 64.2. The number of allylic oxidation sites excluding steroid dienone is 18. The average molecular weight is 1360 g/mol. The van der Waals surface area contributed by atoms with Gasteiger partial charge in [-0.2, -0.15) is 0 Å². The number of hydrogen-bond donors (Lipinski definition) is 0. The van der Waals surface area contributed by atoms with Gasteiger partial charge in [0, 0.05) is 12.8 Å². The second-order valence-corrected chi connectivity index (χ2v) is 28.7. The molecule has 0 aromatic rings. The molecule has 0 radical (unpaired) electrons. The molecule has 0 amide bonds. The molecule has 0 spiro atoms. The Morgan fingerprint density at radius 2 is 0.588 bits per heavy atom. The highest BCUT2D eigenvalue weighted by molar-refractivity contribution is 5.70. The van der Waals surface area contributed by atoms with Gasteiger partial charge in [0.1, 0.15) is 13.2 Å². The number of hydrogen-bond acceptors (Lipinski definition) is 8. The summed E-state index contributed by atoms with van der Waals surface area (Å²) >= 11 is 0. The van der Waals surface area contributed by atoms with E-state index >= 15 is 0 Å². The first-order valence-electron chi connectivity index (χ1n) is 41.0. The number of carbonyl (C=O) groups excluding carboxylic acids is 3. The van der Waals surface area contributed by atoms with Gasteiger partial charge in [-0.3, -0.25) is 9.59 Å². The highest BCUT2D eigenvalue weighted by Crippen LogP contribution is 2.19. The van der Waals surface area contributed by atoms with E-state index in [4.69, 9.17) is 18.9 Å². The number of aliphatic carboxylic acids is 1. The average Bonchev–Trinajstić information content (AvgIpc) is 2.59. The van der Waals surface area contributed by atoms with E-state index < -0.39 is 24.3 Å². The molecule has 560 valence electrons. The van der Waals surface area contributed by atoms with Crippen molar-refractivity contribution >= 4 is 17.9 Å². The Morgan fingerprint density at radius 3 is 0.876 bits per heavy atom. The standard InChI is InChI=1S/C88H155NO8/c1-6-8-10-12-14-16-18-20-22-24-26-28-30-32-34-36-38-40-41-42-43-44-45-47-48-50-52-54-56-58-60-62-64-66-68-70-72-74-76-78-85(90)95-82-84(83-96-88(87(92)93)94-81-80-89(3,4)5)97-86(91)79-77-75-73-71-69-67-65-63-61-59-57-55-53-51-49-46-39-37-35-33-31-29-27-25-23-21-19-17-15-13-11-9-7-2/h9,11,15,17-18,20-21,23-24,26-27,29,33,35,39,46,51,53,84,88H,6-8,10,12-14,16,19,22,25,28,30-32,34,36-38,40-45,47-50,52,54-83H2,1-5H3/b11-9-,17-15-,20-18-,23-21-,26-24-,29-27-,35-33-,46-39-,53-51-. The fraction of sp³-hybridized carbons (Fsp3) is 0.761. The van der Waals surface area contributed by atoms with Crippen molar-refractivity contribution < 1.29 is 42.9 Å². The molecule has 0 aromatic heterocycles. The van der Waals surface area contributed by atoms with Crippen LogP contribution in [0.4, 0.5) is 0 Å². The van der Waals surface area contributed by atoms with E-state index in [9.17, 15) is 19.5 Å². The van der Waals surface area contributed by atoms with Gasteiger partial charge in [-0.15, -0.1) is 0 Å². The van der Waals surface area contributed by atoms with Crippen LogP contribution in [0.2, 0.25) is 0 Å². The van der Waals surface area contributed by atoms with Gasteiger partial charge in [0.15, 0.2) is 12.4 Å². The van der Waals surface area contributed by atoms with Crippen LogP contribution in [0.1, 0.15) is 373 Å². The molecule has 0 fully saturated rings. The fourth-order valence-electron chi connectivity index (χ4n) is 11.8. The predicted octanol–water partition coefficient (Wildman–Crippen LogP) is 25.1. The smallest absolute Gasteiger partial charge is 0.306 e. The third kappa shape index (κ3) is 79.2. The van der Waals surface area contributed by atoms with Crippen LogP contribution in [0.25, 0.3) is 0 Å². The summed E-state index contributed by atoms with van der Waals surface area (Å²) in [5.74, 6) is -2.27. The largest absolute Gasteiger partial charge is 0.545 e. The Kier molecular flexibility index (Phi) is 74.4. The Hall–Kier alpha value is -4.05. The second kappa shape index (κ2) is 77.7. The van der Waals surface area contributed by atoms with E-state index in [1.807, 2.05) is 21.1 Å². The molecule has 0 aliphatic heterocycles. The summed E-state index contributed by atoms with van der Waals surface area (Å²) in [7, 11) is 5.94. The molecule has 2 unspecified atom stereocenters. The van der Waals surface area contributed by atoms with Crippen LogP contribution in [-0.2, 0) is 33.3 Å². The van der Waals surface area contributed by atoms with Crippen molar-refractivity contribution in [1.29, 1.82) is 0 Å². The molecule has 0 aliphatic carbocycles. The number of carbonyl (C=O) groups is 3. The lowest BCUT2D eigenvalue weighted by molar-refractivity contribution is -0.870. The number of carboxylic acids is 1. The summed E-state index contributed by atoms with van der Waals surface area (Å²) in [6.45, 7) is 4.66. The fourth-order valence-corrected chi connectivity index (χ4v) is 11.8. The Balaban J connectivity index is 4.00.